The van der Waals surface area contributed by atoms with Crippen molar-refractivity contribution >= 4 is 27.7 Å². The van der Waals surface area contributed by atoms with Gasteiger partial charge < -0.3 is 9.84 Å². The number of esters is 1. The molecule has 0 aromatic heterocycles. The Morgan fingerprint density at radius 3 is 2.65 bits per heavy atom. The maximum absolute atomic E-state index is 11.9. The van der Waals surface area contributed by atoms with E-state index in [1.165, 1.54) is 12.5 Å². The lowest BCUT2D eigenvalue weighted by atomic mass is 9.47. The molecule has 0 aliphatic heterocycles. The van der Waals surface area contributed by atoms with E-state index in [0.717, 1.165) is 38.5 Å². The van der Waals surface area contributed by atoms with Crippen LogP contribution in [0, 0.1) is 28.6 Å². The molecule has 0 unspecified atom stereocenters. The zero-order chi connectivity index (χ0) is 18.9. The van der Waals surface area contributed by atoms with E-state index < -0.39 is 17.2 Å². The molecule has 0 aromatic carbocycles. The van der Waals surface area contributed by atoms with E-state index in [1.807, 2.05) is 6.08 Å². The lowest BCUT2D eigenvalue weighted by molar-refractivity contribution is -0.260. The minimum atomic E-state index is -1.44. The Bertz CT molecular complexity index is 687. The monoisotopic (exact) mass is 424 g/mol. The summed E-state index contributed by atoms with van der Waals surface area (Å²) in [6.07, 6.45) is 8.27. The van der Waals surface area contributed by atoms with Crippen LogP contribution in [0.5, 0.6) is 0 Å². The molecule has 4 rings (SSSR count). The molecule has 0 heterocycles. The van der Waals surface area contributed by atoms with Crippen molar-refractivity contribution in [2.75, 3.05) is 0 Å². The number of carbonyl (C=O) groups is 2. The van der Waals surface area contributed by atoms with Crippen LogP contribution in [-0.4, -0.2) is 27.5 Å². The third kappa shape index (κ3) is 2.35. The van der Waals surface area contributed by atoms with Crippen LogP contribution in [0.4, 0.5) is 0 Å². The molecule has 4 aliphatic rings. The number of alkyl halides is 1. The van der Waals surface area contributed by atoms with Gasteiger partial charge in [0.2, 0.25) is 5.79 Å². The summed E-state index contributed by atoms with van der Waals surface area (Å²) in [5.74, 6) is -0.198. The van der Waals surface area contributed by atoms with Crippen LogP contribution in [0.15, 0.2) is 11.6 Å². The molecule has 1 N–H and O–H groups in total. The number of hydrogen-bond donors (Lipinski definition) is 1. The van der Waals surface area contributed by atoms with Gasteiger partial charge >= 0.3 is 5.97 Å². The lowest BCUT2D eigenvalue weighted by Gasteiger charge is -2.58. The van der Waals surface area contributed by atoms with Crippen molar-refractivity contribution in [2.45, 2.75) is 76.3 Å². The zero-order valence-electron chi connectivity index (χ0n) is 15.9. The van der Waals surface area contributed by atoms with Gasteiger partial charge in [0.1, 0.15) is 0 Å². The molecule has 3 saturated carbocycles. The predicted molar refractivity (Wildman–Crippen MR) is 102 cm³/mol. The Hall–Kier alpha value is -0.680. The van der Waals surface area contributed by atoms with E-state index in [-0.39, 0.29) is 16.0 Å². The Kier molecular flexibility index (Phi) is 4.24. The van der Waals surface area contributed by atoms with Gasteiger partial charge in [0.25, 0.3) is 0 Å². The SMILES string of the molecule is CC(=O)O[C@]1(O)[C@H](Br)C[C@@H]2[C@H]3CCC4=CC(=O)CC[C@]4(C)[C@@H]3CC[C@@]21C. The quantitative estimate of drug-likeness (QED) is 0.390. The first kappa shape index (κ1) is 18.7. The first-order valence-corrected chi connectivity index (χ1v) is 10.8. The van der Waals surface area contributed by atoms with E-state index in [1.54, 1.807) is 0 Å². The molecule has 4 nitrogen and oxygen atoms in total. The van der Waals surface area contributed by atoms with E-state index in [4.69, 9.17) is 4.74 Å². The van der Waals surface area contributed by atoms with Crippen molar-refractivity contribution in [3.8, 4) is 0 Å². The second-order valence-corrected chi connectivity index (χ2v) is 10.5. The van der Waals surface area contributed by atoms with Gasteiger partial charge in [0.15, 0.2) is 5.78 Å². The normalized spacial score (nSPS) is 50.3. The van der Waals surface area contributed by atoms with Crippen LogP contribution in [0.3, 0.4) is 0 Å². The third-order valence-corrected chi connectivity index (χ3v) is 9.35. The standard InChI is InChI=1S/C21H29BrO4/c1-12(23)26-21(25)18(22)11-17-15-5-4-13-10-14(24)6-8-19(13,2)16(15)7-9-20(17,21)3/h10,15-18,25H,4-9,11H2,1-3H3/t15-,16+,17+,18+,19-,20-,21+/m0/s1. The summed E-state index contributed by atoms with van der Waals surface area (Å²) in [6, 6.07) is 0. The van der Waals surface area contributed by atoms with Crippen LogP contribution in [0.1, 0.15) is 65.7 Å². The maximum atomic E-state index is 11.9. The lowest BCUT2D eigenvalue weighted by Crippen LogP contribution is -2.57. The van der Waals surface area contributed by atoms with Gasteiger partial charge in [-0.2, -0.15) is 0 Å². The number of hydrogen-bond acceptors (Lipinski definition) is 4. The van der Waals surface area contributed by atoms with Crippen molar-refractivity contribution in [3.63, 3.8) is 0 Å². The molecule has 26 heavy (non-hydrogen) atoms. The minimum absolute atomic E-state index is 0.113. The Morgan fingerprint density at radius 2 is 1.96 bits per heavy atom. The Morgan fingerprint density at radius 1 is 1.23 bits per heavy atom. The molecule has 0 saturated heterocycles. The highest BCUT2D eigenvalue weighted by molar-refractivity contribution is 9.09. The number of ketones is 1. The van der Waals surface area contributed by atoms with E-state index in [0.29, 0.717) is 24.2 Å². The summed E-state index contributed by atoms with van der Waals surface area (Å²) in [6.45, 7) is 5.83. The van der Waals surface area contributed by atoms with Gasteiger partial charge in [-0.15, -0.1) is 0 Å². The zero-order valence-corrected chi connectivity index (χ0v) is 17.5. The second-order valence-electron chi connectivity index (χ2n) is 9.42. The number of ether oxygens (including phenoxy) is 1. The summed E-state index contributed by atoms with van der Waals surface area (Å²) in [7, 11) is 0. The molecule has 4 aliphatic carbocycles. The number of aliphatic hydroxyl groups is 1. The van der Waals surface area contributed by atoms with E-state index >= 15 is 0 Å². The summed E-state index contributed by atoms with van der Waals surface area (Å²) in [5, 5.41) is 11.4. The minimum Gasteiger partial charge on any atom is -0.432 e. The van der Waals surface area contributed by atoms with Crippen LogP contribution in [0.25, 0.3) is 0 Å². The van der Waals surface area contributed by atoms with Gasteiger partial charge in [0, 0.05) is 18.8 Å². The average Bonchev–Trinajstić information content (AvgIpc) is 2.75. The van der Waals surface area contributed by atoms with Crippen LogP contribution < -0.4 is 0 Å². The van der Waals surface area contributed by atoms with Gasteiger partial charge in [-0.25, -0.2) is 0 Å². The Labute approximate surface area is 163 Å². The fraction of sp³-hybridized carbons (Fsp3) is 0.810. The molecule has 0 bridgehead atoms. The largest absolute Gasteiger partial charge is 0.432 e. The molecule has 5 heteroatoms. The highest BCUT2D eigenvalue weighted by Crippen LogP contribution is 2.68. The molecule has 0 spiro atoms. The van der Waals surface area contributed by atoms with Gasteiger partial charge in [-0.1, -0.05) is 35.4 Å². The van der Waals surface area contributed by atoms with Crippen molar-refractivity contribution in [2.24, 2.45) is 28.6 Å². The molecular formula is C21H29BrO4. The highest BCUT2D eigenvalue weighted by Gasteiger charge is 2.69. The average molecular weight is 425 g/mol. The molecule has 144 valence electrons. The topological polar surface area (TPSA) is 63.6 Å². The maximum Gasteiger partial charge on any atom is 0.305 e. The number of carbonyl (C=O) groups excluding carboxylic acids is 2. The molecule has 0 amide bonds. The van der Waals surface area contributed by atoms with Crippen molar-refractivity contribution < 1.29 is 19.4 Å². The van der Waals surface area contributed by atoms with Crippen LogP contribution in [0.2, 0.25) is 0 Å². The smallest absolute Gasteiger partial charge is 0.305 e. The van der Waals surface area contributed by atoms with E-state index in [9.17, 15) is 14.7 Å². The number of halogens is 1. The molecule has 7 atom stereocenters. The first-order valence-electron chi connectivity index (χ1n) is 9.92. The van der Waals surface area contributed by atoms with Gasteiger partial charge in [-0.3, -0.25) is 9.59 Å². The summed E-state index contributed by atoms with van der Waals surface area (Å²) in [4.78, 5) is 23.4. The summed E-state index contributed by atoms with van der Waals surface area (Å²) >= 11 is 3.64. The molecule has 0 aromatic rings. The van der Waals surface area contributed by atoms with Crippen molar-refractivity contribution in [3.05, 3.63) is 11.6 Å². The number of allylic oxidation sites excluding steroid dienone is 1. The molecule has 0 radical (unpaired) electrons. The molecule has 3 fully saturated rings. The Balaban J connectivity index is 1.69. The summed E-state index contributed by atoms with van der Waals surface area (Å²) < 4.78 is 5.52. The second kappa shape index (κ2) is 5.91. The fourth-order valence-corrected chi connectivity index (χ4v) is 7.92. The van der Waals surface area contributed by atoms with Gasteiger partial charge in [-0.05, 0) is 67.8 Å². The van der Waals surface area contributed by atoms with Crippen molar-refractivity contribution in [1.82, 2.24) is 0 Å². The van der Waals surface area contributed by atoms with Crippen molar-refractivity contribution in [1.29, 1.82) is 0 Å². The number of rotatable bonds is 1. The van der Waals surface area contributed by atoms with Crippen LogP contribution >= 0.6 is 15.9 Å². The van der Waals surface area contributed by atoms with E-state index in [2.05, 4.69) is 29.8 Å². The summed E-state index contributed by atoms with van der Waals surface area (Å²) in [5.41, 5.74) is 1.04. The van der Waals surface area contributed by atoms with Gasteiger partial charge in [0.05, 0.1) is 4.83 Å². The first-order chi connectivity index (χ1) is 12.1. The number of fused-ring (bicyclic) bond motifs is 5. The fourth-order valence-electron chi connectivity index (χ4n) is 6.90. The predicted octanol–water partition coefficient (Wildman–Crippen LogP) is 4.14. The van der Waals surface area contributed by atoms with Crippen LogP contribution in [-0.2, 0) is 14.3 Å². The molecular weight excluding hydrogens is 396 g/mol. The third-order valence-electron chi connectivity index (χ3n) is 8.35. The highest BCUT2D eigenvalue weighted by atomic mass is 79.9.